The average molecular weight is 332 g/mol. The number of carbonyl (C=O) groups excluding carboxylic acids is 1. The lowest BCUT2D eigenvalue weighted by Gasteiger charge is -2.35. The molecule has 1 heterocycles. The molecule has 1 saturated heterocycles. The third-order valence-electron chi connectivity index (χ3n) is 4.26. The van der Waals surface area contributed by atoms with Gasteiger partial charge in [-0.25, -0.2) is 0 Å². The van der Waals surface area contributed by atoms with E-state index in [4.69, 9.17) is 12.2 Å². The van der Waals surface area contributed by atoms with Crippen molar-refractivity contribution in [3.8, 4) is 0 Å². The normalized spacial score (nSPS) is 18.5. The molecule has 0 radical (unpaired) electrons. The van der Waals surface area contributed by atoms with Gasteiger partial charge in [0, 0.05) is 38.8 Å². The predicted molar refractivity (Wildman–Crippen MR) is 95.1 cm³/mol. The van der Waals surface area contributed by atoms with Gasteiger partial charge in [-0.05, 0) is 30.6 Å². The predicted octanol–water partition coefficient (Wildman–Crippen LogP) is 0.957. The van der Waals surface area contributed by atoms with Crippen LogP contribution < -0.4 is 10.6 Å². The van der Waals surface area contributed by atoms with Crippen molar-refractivity contribution >= 4 is 23.2 Å². The number of hydrogen-bond acceptors (Lipinski definition) is 3. The molecular formula is C17H24N4OS. The van der Waals surface area contributed by atoms with E-state index >= 15 is 0 Å². The van der Waals surface area contributed by atoms with Gasteiger partial charge in [0.15, 0.2) is 5.11 Å². The minimum atomic E-state index is 0.158. The molecule has 2 aliphatic rings. The first-order valence-electron chi connectivity index (χ1n) is 8.29. The second-order valence-electron chi connectivity index (χ2n) is 6.25. The number of amides is 1. The number of nitrogens with one attached hydrogen (secondary N) is 2. The molecule has 23 heavy (non-hydrogen) atoms. The first-order valence-corrected chi connectivity index (χ1v) is 8.70. The van der Waals surface area contributed by atoms with E-state index in [1.54, 1.807) is 0 Å². The van der Waals surface area contributed by atoms with Gasteiger partial charge in [-0.15, -0.1) is 0 Å². The molecule has 6 heteroatoms. The van der Waals surface area contributed by atoms with Crippen LogP contribution in [0.1, 0.15) is 18.4 Å². The van der Waals surface area contributed by atoms with Crippen LogP contribution in [0.2, 0.25) is 0 Å². The lowest BCUT2D eigenvalue weighted by molar-refractivity contribution is -0.122. The molecule has 0 atom stereocenters. The summed E-state index contributed by atoms with van der Waals surface area (Å²) < 4.78 is 0. The monoisotopic (exact) mass is 332 g/mol. The van der Waals surface area contributed by atoms with Crippen LogP contribution in [0.3, 0.4) is 0 Å². The zero-order valence-corrected chi connectivity index (χ0v) is 14.1. The minimum absolute atomic E-state index is 0.158. The summed E-state index contributed by atoms with van der Waals surface area (Å²) in [6.07, 6.45) is 2.28. The highest BCUT2D eigenvalue weighted by molar-refractivity contribution is 7.80. The third-order valence-corrected chi connectivity index (χ3v) is 4.66. The Morgan fingerprint density at radius 3 is 2.48 bits per heavy atom. The van der Waals surface area contributed by atoms with Crippen molar-refractivity contribution in [3.63, 3.8) is 0 Å². The maximum atomic E-state index is 11.8. The molecule has 1 amide bonds. The van der Waals surface area contributed by atoms with E-state index in [9.17, 15) is 4.79 Å². The van der Waals surface area contributed by atoms with Crippen LogP contribution >= 0.6 is 12.2 Å². The van der Waals surface area contributed by atoms with Crippen molar-refractivity contribution in [2.45, 2.75) is 25.4 Å². The highest BCUT2D eigenvalue weighted by Gasteiger charge is 2.25. The van der Waals surface area contributed by atoms with Gasteiger partial charge in [0.2, 0.25) is 5.91 Å². The Kier molecular flexibility index (Phi) is 5.46. The second-order valence-corrected chi connectivity index (χ2v) is 6.64. The Labute approximate surface area is 143 Å². The smallest absolute Gasteiger partial charge is 0.234 e. The van der Waals surface area contributed by atoms with Crippen molar-refractivity contribution in [2.75, 3.05) is 32.7 Å². The van der Waals surface area contributed by atoms with Crippen molar-refractivity contribution in [1.82, 2.24) is 20.4 Å². The van der Waals surface area contributed by atoms with Gasteiger partial charge in [0.25, 0.3) is 0 Å². The fraction of sp³-hybridized carbons (Fsp3) is 0.529. The van der Waals surface area contributed by atoms with Crippen LogP contribution in [-0.4, -0.2) is 59.6 Å². The Morgan fingerprint density at radius 1 is 1.13 bits per heavy atom. The van der Waals surface area contributed by atoms with Gasteiger partial charge in [-0.3, -0.25) is 9.69 Å². The maximum absolute atomic E-state index is 11.8. The lowest BCUT2D eigenvalue weighted by Crippen LogP contribution is -2.53. The standard InChI is InChI=1S/C17H24N4OS/c22-16(19-15-6-7-15)13-20-8-10-21(11-9-20)17(23)18-12-14-4-2-1-3-5-14/h1-5,15H,6-13H2,(H,18,23)(H,19,22). The molecule has 1 aliphatic carbocycles. The van der Waals surface area contributed by atoms with Crippen LogP contribution in [0.4, 0.5) is 0 Å². The number of thiocarbonyl (C=S) groups is 1. The summed E-state index contributed by atoms with van der Waals surface area (Å²) in [6.45, 7) is 4.77. The average Bonchev–Trinajstić information content (AvgIpc) is 3.38. The van der Waals surface area contributed by atoms with Crippen LogP contribution in [0.15, 0.2) is 30.3 Å². The molecule has 124 valence electrons. The van der Waals surface area contributed by atoms with E-state index in [0.29, 0.717) is 12.6 Å². The van der Waals surface area contributed by atoms with Gasteiger partial charge in [-0.1, -0.05) is 30.3 Å². The molecule has 0 spiro atoms. The van der Waals surface area contributed by atoms with E-state index in [0.717, 1.165) is 50.7 Å². The summed E-state index contributed by atoms with van der Waals surface area (Å²) in [5, 5.41) is 7.16. The van der Waals surface area contributed by atoms with Crippen LogP contribution in [0.5, 0.6) is 0 Å². The zero-order chi connectivity index (χ0) is 16.1. The molecule has 1 aromatic rings. The summed E-state index contributed by atoms with van der Waals surface area (Å²) in [5.41, 5.74) is 1.23. The molecule has 5 nitrogen and oxygen atoms in total. The first kappa shape index (κ1) is 16.2. The second kappa shape index (κ2) is 7.75. The van der Waals surface area contributed by atoms with Crippen LogP contribution in [0, 0.1) is 0 Å². The number of rotatable bonds is 5. The molecule has 0 bridgehead atoms. The summed E-state index contributed by atoms with van der Waals surface area (Å²) in [5.74, 6) is 0.158. The summed E-state index contributed by atoms with van der Waals surface area (Å²) in [7, 11) is 0. The summed E-state index contributed by atoms with van der Waals surface area (Å²) in [4.78, 5) is 16.2. The summed E-state index contributed by atoms with van der Waals surface area (Å²) >= 11 is 5.48. The third kappa shape index (κ3) is 5.18. The molecule has 1 aromatic carbocycles. The lowest BCUT2D eigenvalue weighted by atomic mass is 10.2. The quantitative estimate of drug-likeness (QED) is 0.787. The Balaban J connectivity index is 1.36. The number of nitrogens with zero attached hydrogens (tertiary/aromatic N) is 2. The number of benzene rings is 1. The zero-order valence-electron chi connectivity index (χ0n) is 13.3. The van der Waals surface area contributed by atoms with E-state index in [1.807, 2.05) is 18.2 Å². The van der Waals surface area contributed by atoms with Crippen molar-refractivity contribution in [3.05, 3.63) is 35.9 Å². The van der Waals surface area contributed by atoms with Gasteiger partial charge < -0.3 is 15.5 Å². The summed E-state index contributed by atoms with van der Waals surface area (Å²) in [6, 6.07) is 10.7. The van der Waals surface area contributed by atoms with Gasteiger partial charge in [0.1, 0.15) is 0 Å². The van der Waals surface area contributed by atoms with E-state index in [1.165, 1.54) is 5.56 Å². The number of carbonyl (C=O) groups is 1. The molecule has 0 aromatic heterocycles. The van der Waals surface area contributed by atoms with Crippen molar-refractivity contribution in [1.29, 1.82) is 0 Å². The first-order chi connectivity index (χ1) is 11.2. The Hall–Kier alpha value is -1.66. The van der Waals surface area contributed by atoms with Gasteiger partial charge in [0.05, 0.1) is 6.54 Å². The van der Waals surface area contributed by atoms with E-state index in [-0.39, 0.29) is 5.91 Å². The molecule has 2 fully saturated rings. The largest absolute Gasteiger partial charge is 0.358 e. The minimum Gasteiger partial charge on any atom is -0.358 e. The highest BCUT2D eigenvalue weighted by Crippen LogP contribution is 2.18. The van der Waals surface area contributed by atoms with Crippen LogP contribution in [-0.2, 0) is 11.3 Å². The van der Waals surface area contributed by atoms with E-state index in [2.05, 4.69) is 32.6 Å². The SMILES string of the molecule is O=C(CN1CCN(C(=S)NCc2ccccc2)CC1)NC1CC1. The van der Waals surface area contributed by atoms with Crippen molar-refractivity contribution < 1.29 is 4.79 Å². The fourth-order valence-electron chi connectivity index (χ4n) is 2.70. The van der Waals surface area contributed by atoms with E-state index < -0.39 is 0 Å². The van der Waals surface area contributed by atoms with Crippen molar-refractivity contribution in [2.24, 2.45) is 0 Å². The number of piperazine rings is 1. The maximum Gasteiger partial charge on any atom is 0.234 e. The van der Waals surface area contributed by atoms with Gasteiger partial charge in [-0.2, -0.15) is 0 Å². The Morgan fingerprint density at radius 2 is 1.83 bits per heavy atom. The van der Waals surface area contributed by atoms with Gasteiger partial charge >= 0.3 is 0 Å². The molecule has 1 saturated carbocycles. The Bertz CT molecular complexity index is 539. The molecule has 0 unspecified atom stereocenters. The molecular weight excluding hydrogens is 308 g/mol. The molecule has 2 N–H and O–H groups in total. The molecule has 3 rings (SSSR count). The molecule has 1 aliphatic heterocycles. The fourth-order valence-corrected chi connectivity index (χ4v) is 2.95. The highest BCUT2D eigenvalue weighted by atomic mass is 32.1. The topological polar surface area (TPSA) is 47.6 Å². The number of hydrogen-bond donors (Lipinski definition) is 2. The van der Waals surface area contributed by atoms with Crippen LogP contribution in [0.25, 0.3) is 0 Å².